The molecule has 3 heteroatoms. The van der Waals surface area contributed by atoms with Gasteiger partial charge in [-0.05, 0) is 31.8 Å². The van der Waals surface area contributed by atoms with Crippen molar-refractivity contribution in [1.29, 1.82) is 0 Å². The van der Waals surface area contributed by atoms with Crippen LogP contribution in [-0.4, -0.2) is 37.6 Å². The minimum absolute atomic E-state index is 0.569. The van der Waals surface area contributed by atoms with E-state index in [1.54, 1.807) is 0 Å². The highest BCUT2D eigenvalue weighted by atomic mass is 32.1. The van der Waals surface area contributed by atoms with Crippen molar-refractivity contribution >= 4 is 11.3 Å². The molecule has 16 heavy (non-hydrogen) atoms. The van der Waals surface area contributed by atoms with Gasteiger partial charge in [0.15, 0.2) is 0 Å². The highest BCUT2D eigenvalue weighted by molar-refractivity contribution is 7.09. The summed E-state index contributed by atoms with van der Waals surface area (Å²) in [5.41, 5.74) is 0. The molecule has 1 atom stereocenters. The summed E-state index contributed by atoms with van der Waals surface area (Å²) < 4.78 is 0. The number of hydrogen-bond acceptors (Lipinski definition) is 3. The molecular formula is C13H22N2S. The lowest BCUT2D eigenvalue weighted by molar-refractivity contribution is 0.256. The lowest BCUT2D eigenvalue weighted by Crippen LogP contribution is -2.38. The van der Waals surface area contributed by atoms with E-state index in [1.165, 1.54) is 4.88 Å². The van der Waals surface area contributed by atoms with E-state index in [0.29, 0.717) is 6.04 Å². The number of likely N-dealkylation sites (N-methyl/N-ethyl adjacent to an activating group) is 1. The van der Waals surface area contributed by atoms with Gasteiger partial charge < -0.3 is 10.2 Å². The fraction of sp³-hybridized carbons (Fsp3) is 0.538. The highest BCUT2D eigenvalue weighted by Crippen LogP contribution is 2.09. The monoisotopic (exact) mass is 238 g/mol. The summed E-state index contributed by atoms with van der Waals surface area (Å²) in [5.74, 6) is 0. The van der Waals surface area contributed by atoms with Gasteiger partial charge in [-0.1, -0.05) is 12.1 Å². The second-order valence-electron chi connectivity index (χ2n) is 4.11. The van der Waals surface area contributed by atoms with Crippen molar-refractivity contribution < 1.29 is 0 Å². The quantitative estimate of drug-likeness (QED) is 0.552. The van der Waals surface area contributed by atoms with Crippen molar-refractivity contribution in [3.05, 3.63) is 35.0 Å². The Labute approximate surface area is 103 Å². The molecule has 1 unspecified atom stereocenters. The SMILES string of the molecule is C=CCNCC(C)N(C)CCc1cccs1. The number of thiophene rings is 1. The number of rotatable bonds is 8. The molecule has 0 saturated heterocycles. The van der Waals surface area contributed by atoms with Crippen LogP contribution < -0.4 is 5.32 Å². The molecule has 0 amide bonds. The molecule has 0 aliphatic carbocycles. The first kappa shape index (κ1) is 13.4. The molecular weight excluding hydrogens is 216 g/mol. The molecule has 0 spiro atoms. The Hall–Kier alpha value is -0.640. The van der Waals surface area contributed by atoms with Gasteiger partial charge in [-0.15, -0.1) is 17.9 Å². The van der Waals surface area contributed by atoms with Crippen molar-refractivity contribution in [1.82, 2.24) is 10.2 Å². The second-order valence-corrected chi connectivity index (χ2v) is 5.14. The maximum Gasteiger partial charge on any atom is 0.0189 e. The zero-order chi connectivity index (χ0) is 11.8. The van der Waals surface area contributed by atoms with Crippen LogP contribution in [0.5, 0.6) is 0 Å². The molecule has 2 nitrogen and oxygen atoms in total. The molecule has 0 saturated carbocycles. The number of nitrogens with zero attached hydrogens (tertiary/aromatic N) is 1. The molecule has 0 fully saturated rings. The normalized spacial score (nSPS) is 12.9. The van der Waals surface area contributed by atoms with Crippen molar-refractivity contribution in [3.63, 3.8) is 0 Å². The summed E-state index contributed by atoms with van der Waals surface area (Å²) in [7, 11) is 2.19. The Morgan fingerprint density at radius 2 is 2.44 bits per heavy atom. The third-order valence-electron chi connectivity index (χ3n) is 2.77. The van der Waals surface area contributed by atoms with Gasteiger partial charge in [0.05, 0.1) is 0 Å². The van der Waals surface area contributed by atoms with Crippen LogP contribution in [0, 0.1) is 0 Å². The van der Waals surface area contributed by atoms with Gasteiger partial charge in [0.1, 0.15) is 0 Å². The molecule has 90 valence electrons. The molecule has 1 rings (SSSR count). The summed E-state index contributed by atoms with van der Waals surface area (Å²) in [6.45, 7) is 8.99. The van der Waals surface area contributed by atoms with Crippen LogP contribution in [0.15, 0.2) is 30.2 Å². The Morgan fingerprint density at radius 1 is 1.62 bits per heavy atom. The van der Waals surface area contributed by atoms with Crippen molar-refractivity contribution in [2.75, 3.05) is 26.7 Å². The topological polar surface area (TPSA) is 15.3 Å². The van der Waals surface area contributed by atoms with Crippen LogP contribution in [0.3, 0.4) is 0 Å². The molecule has 0 aliphatic heterocycles. The first-order chi connectivity index (χ1) is 7.74. The second kappa shape index (κ2) is 7.60. The maximum absolute atomic E-state index is 3.70. The third-order valence-corrected chi connectivity index (χ3v) is 3.71. The van der Waals surface area contributed by atoms with Crippen molar-refractivity contribution in [3.8, 4) is 0 Å². The Morgan fingerprint density at radius 3 is 3.06 bits per heavy atom. The maximum atomic E-state index is 3.70. The zero-order valence-corrected chi connectivity index (χ0v) is 11.1. The lowest BCUT2D eigenvalue weighted by Gasteiger charge is -2.24. The highest BCUT2D eigenvalue weighted by Gasteiger charge is 2.08. The van der Waals surface area contributed by atoms with Crippen LogP contribution in [-0.2, 0) is 6.42 Å². The fourth-order valence-electron chi connectivity index (χ4n) is 1.51. The summed E-state index contributed by atoms with van der Waals surface area (Å²) in [6.07, 6.45) is 3.05. The molecule has 0 aromatic carbocycles. The van der Waals surface area contributed by atoms with Crippen molar-refractivity contribution in [2.45, 2.75) is 19.4 Å². The van der Waals surface area contributed by atoms with E-state index in [2.05, 4.69) is 48.3 Å². The van der Waals surface area contributed by atoms with Gasteiger partial charge in [0.2, 0.25) is 0 Å². The average Bonchev–Trinajstić information content (AvgIpc) is 2.79. The molecule has 1 aromatic heterocycles. The largest absolute Gasteiger partial charge is 0.312 e. The minimum Gasteiger partial charge on any atom is -0.312 e. The smallest absolute Gasteiger partial charge is 0.0189 e. The standard InChI is InChI=1S/C13H22N2S/c1-4-8-14-11-12(2)15(3)9-7-13-6-5-10-16-13/h4-6,10,12,14H,1,7-9,11H2,2-3H3. The Balaban J connectivity index is 2.18. The van der Waals surface area contributed by atoms with E-state index < -0.39 is 0 Å². The van der Waals surface area contributed by atoms with Gasteiger partial charge in [-0.3, -0.25) is 0 Å². The predicted molar refractivity (Wildman–Crippen MR) is 73.2 cm³/mol. The summed E-state index contributed by atoms with van der Waals surface area (Å²) in [5, 5.41) is 5.50. The third kappa shape index (κ3) is 4.92. The van der Waals surface area contributed by atoms with Crippen LogP contribution >= 0.6 is 11.3 Å². The van der Waals surface area contributed by atoms with Gasteiger partial charge in [0, 0.05) is 30.6 Å². The molecule has 0 aliphatic rings. The first-order valence-corrected chi connectivity index (χ1v) is 6.66. The van der Waals surface area contributed by atoms with Crippen LogP contribution in [0.4, 0.5) is 0 Å². The Bertz CT molecular complexity index is 282. The predicted octanol–water partition coefficient (Wildman–Crippen LogP) is 2.39. The van der Waals surface area contributed by atoms with Crippen LogP contribution in [0.1, 0.15) is 11.8 Å². The van der Waals surface area contributed by atoms with Gasteiger partial charge in [-0.25, -0.2) is 0 Å². The van der Waals surface area contributed by atoms with E-state index >= 15 is 0 Å². The molecule has 0 radical (unpaired) electrons. The minimum atomic E-state index is 0.569. The van der Waals surface area contributed by atoms with Crippen LogP contribution in [0.2, 0.25) is 0 Å². The van der Waals surface area contributed by atoms with Gasteiger partial charge in [0.25, 0.3) is 0 Å². The van der Waals surface area contributed by atoms with E-state index in [1.807, 2.05) is 17.4 Å². The fourth-order valence-corrected chi connectivity index (χ4v) is 2.21. The lowest BCUT2D eigenvalue weighted by atomic mass is 10.2. The Kier molecular flexibility index (Phi) is 6.38. The molecule has 1 N–H and O–H groups in total. The van der Waals surface area contributed by atoms with E-state index in [9.17, 15) is 0 Å². The van der Waals surface area contributed by atoms with E-state index in [0.717, 1.165) is 26.1 Å². The van der Waals surface area contributed by atoms with Crippen molar-refractivity contribution in [2.24, 2.45) is 0 Å². The molecule has 1 aromatic rings. The zero-order valence-electron chi connectivity index (χ0n) is 10.3. The van der Waals surface area contributed by atoms with Gasteiger partial charge in [-0.2, -0.15) is 0 Å². The van der Waals surface area contributed by atoms with Crippen LogP contribution in [0.25, 0.3) is 0 Å². The summed E-state index contributed by atoms with van der Waals surface area (Å²) in [4.78, 5) is 3.87. The molecule has 0 bridgehead atoms. The van der Waals surface area contributed by atoms with E-state index in [4.69, 9.17) is 0 Å². The molecule has 1 heterocycles. The number of nitrogens with one attached hydrogen (secondary N) is 1. The summed E-state index contributed by atoms with van der Waals surface area (Å²) >= 11 is 1.84. The van der Waals surface area contributed by atoms with E-state index in [-0.39, 0.29) is 0 Å². The summed E-state index contributed by atoms with van der Waals surface area (Å²) in [6, 6.07) is 4.90. The average molecular weight is 238 g/mol. The van der Waals surface area contributed by atoms with Gasteiger partial charge >= 0.3 is 0 Å². The number of hydrogen-bond donors (Lipinski definition) is 1. The first-order valence-electron chi connectivity index (χ1n) is 5.78.